The van der Waals surface area contributed by atoms with Crippen molar-refractivity contribution in [2.75, 3.05) is 0 Å². The summed E-state index contributed by atoms with van der Waals surface area (Å²) in [5, 5.41) is 12.5. The Balaban J connectivity index is 1.46. The van der Waals surface area contributed by atoms with Crippen molar-refractivity contribution in [3.8, 4) is 0 Å². The highest BCUT2D eigenvalue weighted by molar-refractivity contribution is 5.87. The number of carbonyl (C=O) groups is 1. The van der Waals surface area contributed by atoms with Crippen LogP contribution in [0.1, 0.15) is 53.1 Å². The van der Waals surface area contributed by atoms with Crippen LogP contribution in [0.5, 0.6) is 0 Å². The van der Waals surface area contributed by atoms with Crippen LogP contribution in [0.4, 0.5) is 0 Å². The molecule has 0 unspecified atom stereocenters. The second-order valence-corrected chi connectivity index (χ2v) is 6.91. The Morgan fingerprint density at radius 1 is 1.19 bits per heavy atom. The van der Waals surface area contributed by atoms with E-state index in [1.807, 2.05) is 6.07 Å². The molecule has 0 bridgehead atoms. The minimum absolute atomic E-state index is 0.323. The van der Waals surface area contributed by atoms with Crippen molar-refractivity contribution in [1.29, 1.82) is 0 Å². The molecule has 0 atom stereocenters. The molecule has 134 valence electrons. The second kappa shape index (κ2) is 6.92. The standard InChI is InChI=1S/C21H23N3O2/c1-2-20-23-18-11-15(6-9-19(18)24(20)17-7-8-17)13-22-12-14-4-3-5-16(10-14)21(25)26/h3-6,9-11,17,22H,2,7-8,12-13H2,1H3,(H,25,26). The predicted molar refractivity (Wildman–Crippen MR) is 101 cm³/mol. The summed E-state index contributed by atoms with van der Waals surface area (Å²) in [4.78, 5) is 15.9. The molecule has 1 fully saturated rings. The molecule has 0 saturated heterocycles. The summed E-state index contributed by atoms with van der Waals surface area (Å²) in [6.45, 7) is 3.52. The third kappa shape index (κ3) is 3.35. The maximum Gasteiger partial charge on any atom is 0.335 e. The van der Waals surface area contributed by atoms with Gasteiger partial charge in [0.1, 0.15) is 5.82 Å². The molecule has 0 aliphatic heterocycles. The Morgan fingerprint density at radius 3 is 2.65 bits per heavy atom. The second-order valence-electron chi connectivity index (χ2n) is 6.91. The van der Waals surface area contributed by atoms with Gasteiger partial charge < -0.3 is 15.0 Å². The van der Waals surface area contributed by atoms with Gasteiger partial charge in [-0.2, -0.15) is 0 Å². The zero-order valence-corrected chi connectivity index (χ0v) is 14.9. The Kier molecular flexibility index (Phi) is 4.47. The van der Waals surface area contributed by atoms with Gasteiger partial charge in [-0.05, 0) is 48.2 Å². The molecule has 1 aliphatic rings. The maximum atomic E-state index is 11.1. The Bertz CT molecular complexity index is 957. The number of nitrogens with one attached hydrogen (secondary N) is 1. The lowest BCUT2D eigenvalue weighted by Gasteiger charge is -2.07. The average Bonchev–Trinajstić information content (AvgIpc) is 3.42. The number of aromatic nitrogens is 2. The van der Waals surface area contributed by atoms with Crippen molar-refractivity contribution in [3.63, 3.8) is 0 Å². The molecule has 2 N–H and O–H groups in total. The first-order valence-electron chi connectivity index (χ1n) is 9.18. The summed E-state index contributed by atoms with van der Waals surface area (Å²) in [5.74, 6) is 0.286. The van der Waals surface area contributed by atoms with E-state index in [1.54, 1.807) is 18.2 Å². The van der Waals surface area contributed by atoms with Crippen molar-refractivity contribution >= 4 is 17.0 Å². The third-order valence-corrected chi connectivity index (χ3v) is 4.89. The molecule has 1 saturated carbocycles. The first kappa shape index (κ1) is 16.8. The summed E-state index contributed by atoms with van der Waals surface area (Å²) >= 11 is 0. The van der Waals surface area contributed by atoms with Gasteiger partial charge in [-0.15, -0.1) is 0 Å². The number of carboxylic acids is 1. The van der Waals surface area contributed by atoms with Crippen LogP contribution in [0.15, 0.2) is 42.5 Å². The van der Waals surface area contributed by atoms with Crippen LogP contribution in [0, 0.1) is 0 Å². The first-order valence-corrected chi connectivity index (χ1v) is 9.18. The molecule has 2 aromatic carbocycles. The van der Waals surface area contributed by atoms with Crippen LogP contribution in [0.25, 0.3) is 11.0 Å². The molecular weight excluding hydrogens is 326 g/mol. The summed E-state index contributed by atoms with van der Waals surface area (Å²) in [5.41, 5.74) is 4.79. The lowest BCUT2D eigenvalue weighted by atomic mass is 10.1. The van der Waals surface area contributed by atoms with E-state index < -0.39 is 5.97 Å². The summed E-state index contributed by atoms with van der Waals surface area (Å²) in [6, 6.07) is 14.2. The molecule has 1 aliphatic carbocycles. The summed E-state index contributed by atoms with van der Waals surface area (Å²) in [7, 11) is 0. The number of fused-ring (bicyclic) bond motifs is 1. The van der Waals surface area contributed by atoms with E-state index in [2.05, 4.69) is 35.0 Å². The number of aromatic carboxylic acids is 1. The molecular formula is C21H23N3O2. The highest BCUT2D eigenvalue weighted by Gasteiger charge is 2.27. The molecule has 3 aromatic rings. The minimum Gasteiger partial charge on any atom is -0.478 e. The van der Waals surface area contributed by atoms with Gasteiger partial charge in [0.2, 0.25) is 0 Å². The highest BCUT2D eigenvalue weighted by Crippen LogP contribution is 2.38. The van der Waals surface area contributed by atoms with E-state index in [0.717, 1.165) is 24.0 Å². The molecule has 5 heteroatoms. The minimum atomic E-state index is -0.893. The predicted octanol–water partition coefficient (Wildman–Crippen LogP) is 3.92. The van der Waals surface area contributed by atoms with Gasteiger partial charge in [0.25, 0.3) is 0 Å². The number of imidazole rings is 1. The van der Waals surface area contributed by atoms with Crippen LogP contribution in [0.3, 0.4) is 0 Å². The molecule has 1 heterocycles. The van der Waals surface area contributed by atoms with Gasteiger partial charge in [-0.1, -0.05) is 25.1 Å². The molecule has 5 nitrogen and oxygen atoms in total. The lowest BCUT2D eigenvalue weighted by molar-refractivity contribution is 0.0696. The van der Waals surface area contributed by atoms with Gasteiger partial charge in [-0.3, -0.25) is 0 Å². The van der Waals surface area contributed by atoms with E-state index >= 15 is 0 Å². The van der Waals surface area contributed by atoms with Crippen molar-refractivity contribution in [2.24, 2.45) is 0 Å². The number of nitrogens with zero attached hydrogens (tertiary/aromatic N) is 2. The monoisotopic (exact) mass is 349 g/mol. The number of rotatable bonds is 7. The van der Waals surface area contributed by atoms with E-state index in [4.69, 9.17) is 10.1 Å². The molecule has 0 spiro atoms. The van der Waals surface area contributed by atoms with Crippen molar-refractivity contribution in [1.82, 2.24) is 14.9 Å². The van der Waals surface area contributed by atoms with Gasteiger partial charge in [0, 0.05) is 25.6 Å². The van der Waals surface area contributed by atoms with Crippen molar-refractivity contribution < 1.29 is 9.90 Å². The number of aryl methyl sites for hydroxylation is 1. The smallest absolute Gasteiger partial charge is 0.335 e. The summed E-state index contributed by atoms with van der Waals surface area (Å²) in [6.07, 6.45) is 3.48. The molecule has 26 heavy (non-hydrogen) atoms. The molecule has 4 rings (SSSR count). The molecule has 0 radical (unpaired) electrons. The SMILES string of the molecule is CCc1nc2cc(CNCc3cccc(C(=O)O)c3)ccc2n1C1CC1. The van der Waals surface area contributed by atoms with Gasteiger partial charge >= 0.3 is 5.97 Å². The first-order chi connectivity index (χ1) is 12.7. The largest absolute Gasteiger partial charge is 0.478 e. The van der Waals surface area contributed by atoms with Gasteiger partial charge in [0.15, 0.2) is 0 Å². The Hall–Kier alpha value is -2.66. The highest BCUT2D eigenvalue weighted by atomic mass is 16.4. The normalized spacial score (nSPS) is 14.0. The van der Waals surface area contributed by atoms with Crippen LogP contribution >= 0.6 is 0 Å². The van der Waals surface area contributed by atoms with Crippen molar-refractivity contribution in [2.45, 2.75) is 45.3 Å². The average molecular weight is 349 g/mol. The summed E-state index contributed by atoms with van der Waals surface area (Å²) < 4.78 is 2.41. The van der Waals surface area contributed by atoms with Gasteiger partial charge in [0.05, 0.1) is 16.6 Å². The maximum absolute atomic E-state index is 11.1. The Labute approximate surface area is 152 Å². The zero-order valence-electron chi connectivity index (χ0n) is 14.9. The number of hydrogen-bond donors (Lipinski definition) is 2. The Morgan fingerprint density at radius 2 is 1.96 bits per heavy atom. The number of benzene rings is 2. The van der Waals surface area contributed by atoms with Crippen LogP contribution in [-0.4, -0.2) is 20.6 Å². The molecule has 0 amide bonds. The van der Waals surface area contributed by atoms with Crippen LogP contribution in [0.2, 0.25) is 0 Å². The third-order valence-electron chi connectivity index (χ3n) is 4.89. The topological polar surface area (TPSA) is 67.2 Å². The quantitative estimate of drug-likeness (QED) is 0.678. The fourth-order valence-corrected chi connectivity index (χ4v) is 3.46. The van der Waals surface area contributed by atoms with Crippen LogP contribution < -0.4 is 5.32 Å². The van der Waals surface area contributed by atoms with E-state index in [1.165, 1.54) is 29.7 Å². The number of carboxylic acid groups (broad SMARTS) is 1. The number of hydrogen-bond acceptors (Lipinski definition) is 3. The molecule has 1 aromatic heterocycles. The fraction of sp³-hybridized carbons (Fsp3) is 0.333. The fourth-order valence-electron chi connectivity index (χ4n) is 3.46. The van der Waals surface area contributed by atoms with Gasteiger partial charge in [-0.25, -0.2) is 9.78 Å². The zero-order chi connectivity index (χ0) is 18.1. The van der Waals surface area contributed by atoms with Crippen LogP contribution in [-0.2, 0) is 19.5 Å². The van der Waals surface area contributed by atoms with Crippen molar-refractivity contribution in [3.05, 3.63) is 65.0 Å². The van der Waals surface area contributed by atoms with E-state index in [9.17, 15) is 4.79 Å². The van der Waals surface area contributed by atoms with E-state index in [0.29, 0.717) is 18.2 Å². The van der Waals surface area contributed by atoms with E-state index in [-0.39, 0.29) is 0 Å². The lowest BCUT2D eigenvalue weighted by Crippen LogP contribution is -2.13.